The maximum Gasteiger partial charge on any atom is 0.323 e. The molecule has 0 saturated carbocycles. The van der Waals surface area contributed by atoms with E-state index < -0.39 is 6.10 Å². The van der Waals surface area contributed by atoms with E-state index in [1.807, 2.05) is 18.2 Å². The molecule has 1 aromatic carbocycles. The van der Waals surface area contributed by atoms with E-state index in [1.54, 1.807) is 0 Å². The highest BCUT2D eigenvalue weighted by atomic mass is 16.3. The number of H-pyrrole nitrogens is 2. The molecule has 2 rings (SSSR count). The molecule has 0 aliphatic carbocycles. The van der Waals surface area contributed by atoms with Crippen LogP contribution in [0.15, 0.2) is 23.0 Å². The molecule has 0 spiro atoms. The van der Waals surface area contributed by atoms with Crippen LogP contribution in [-0.4, -0.2) is 15.1 Å². The number of hydrogen-bond acceptors (Lipinski definition) is 2. The van der Waals surface area contributed by atoms with E-state index in [0.717, 1.165) is 42.3 Å². The molecule has 0 radical (unpaired) electrons. The summed E-state index contributed by atoms with van der Waals surface area (Å²) < 4.78 is 0. The zero-order valence-electron chi connectivity index (χ0n) is 9.99. The van der Waals surface area contributed by atoms with Crippen LogP contribution in [-0.2, 0) is 0 Å². The molecular weight excluding hydrogens is 216 g/mol. The van der Waals surface area contributed by atoms with Crippen LogP contribution in [0.2, 0.25) is 0 Å². The van der Waals surface area contributed by atoms with Crippen molar-refractivity contribution in [1.82, 2.24) is 9.97 Å². The highest BCUT2D eigenvalue weighted by Gasteiger charge is 2.08. The summed E-state index contributed by atoms with van der Waals surface area (Å²) in [5, 5.41) is 10.0. The van der Waals surface area contributed by atoms with E-state index in [4.69, 9.17) is 0 Å². The van der Waals surface area contributed by atoms with Gasteiger partial charge in [-0.2, -0.15) is 0 Å². The summed E-state index contributed by atoms with van der Waals surface area (Å²) in [6.07, 6.45) is 3.65. The number of hydrogen-bond donors (Lipinski definition) is 3. The Hall–Kier alpha value is -1.55. The van der Waals surface area contributed by atoms with Crippen LogP contribution < -0.4 is 5.69 Å². The van der Waals surface area contributed by atoms with Crippen molar-refractivity contribution in [1.29, 1.82) is 0 Å². The van der Waals surface area contributed by atoms with E-state index in [0.29, 0.717) is 0 Å². The lowest BCUT2D eigenvalue weighted by Gasteiger charge is -2.10. The molecule has 0 saturated heterocycles. The molecule has 0 aliphatic rings. The van der Waals surface area contributed by atoms with Gasteiger partial charge in [-0.3, -0.25) is 0 Å². The number of aromatic nitrogens is 2. The van der Waals surface area contributed by atoms with E-state index in [1.165, 1.54) is 0 Å². The number of fused-ring (bicyclic) bond motifs is 1. The van der Waals surface area contributed by atoms with Gasteiger partial charge in [-0.1, -0.05) is 32.3 Å². The molecule has 92 valence electrons. The number of rotatable bonds is 5. The van der Waals surface area contributed by atoms with E-state index in [2.05, 4.69) is 16.9 Å². The third-order valence-corrected chi connectivity index (χ3v) is 3.01. The highest BCUT2D eigenvalue weighted by Crippen LogP contribution is 2.22. The van der Waals surface area contributed by atoms with Gasteiger partial charge >= 0.3 is 5.69 Å². The summed E-state index contributed by atoms with van der Waals surface area (Å²) in [4.78, 5) is 16.5. The fourth-order valence-corrected chi connectivity index (χ4v) is 2.01. The SMILES string of the molecule is CCCCCC(O)c1ccc2[nH]c(=O)[nH]c2c1. The van der Waals surface area contributed by atoms with Crippen LogP contribution in [0.25, 0.3) is 11.0 Å². The maximum atomic E-state index is 11.1. The summed E-state index contributed by atoms with van der Waals surface area (Å²) in [6, 6.07) is 5.53. The van der Waals surface area contributed by atoms with Crippen molar-refractivity contribution in [3.8, 4) is 0 Å². The predicted molar refractivity (Wildman–Crippen MR) is 68.0 cm³/mol. The first kappa shape index (κ1) is 11.9. The Morgan fingerprint density at radius 3 is 2.76 bits per heavy atom. The number of unbranched alkanes of at least 4 members (excludes halogenated alkanes) is 2. The van der Waals surface area contributed by atoms with Crippen molar-refractivity contribution in [2.45, 2.75) is 38.7 Å². The predicted octanol–water partition coefficient (Wildman–Crippen LogP) is 2.47. The topological polar surface area (TPSA) is 68.9 Å². The Morgan fingerprint density at radius 2 is 2.00 bits per heavy atom. The number of aromatic amines is 2. The highest BCUT2D eigenvalue weighted by molar-refractivity contribution is 5.75. The molecule has 0 amide bonds. The normalized spacial score (nSPS) is 13.1. The molecule has 0 fully saturated rings. The minimum absolute atomic E-state index is 0.211. The third-order valence-electron chi connectivity index (χ3n) is 3.01. The van der Waals surface area contributed by atoms with Crippen LogP contribution in [0.3, 0.4) is 0 Å². The molecule has 0 aliphatic heterocycles. The van der Waals surface area contributed by atoms with Crippen molar-refractivity contribution >= 4 is 11.0 Å². The van der Waals surface area contributed by atoms with E-state index in [9.17, 15) is 9.90 Å². The zero-order valence-corrected chi connectivity index (χ0v) is 9.99. The third kappa shape index (κ3) is 2.77. The first-order chi connectivity index (χ1) is 8.20. The summed E-state index contributed by atoms with van der Waals surface area (Å²) in [7, 11) is 0. The average Bonchev–Trinajstić information content (AvgIpc) is 2.68. The summed E-state index contributed by atoms with van der Waals surface area (Å²) in [6.45, 7) is 2.14. The second-order valence-electron chi connectivity index (χ2n) is 4.40. The standard InChI is InChI=1S/C13H18N2O2/c1-2-3-4-5-12(16)9-6-7-10-11(8-9)15-13(17)14-10/h6-8,12,16H,2-5H2,1H3,(H2,14,15,17). The van der Waals surface area contributed by atoms with Gasteiger partial charge in [-0.15, -0.1) is 0 Å². The largest absolute Gasteiger partial charge is 0.388 e. The number of imidazole rings is 1. The first-order valence-electron chi connectivity index (χ1n) is 6.10. The molecule has 0 bridgehead atoms. The molecule has 1 unspecified atom stereocenters. The summed E-state index contributed by atoms with van der Waals surface area (Å²) in [5.74, 6) is 0. The number of aliphatic hydroxyl groups is 1. The monoisotopic (exact) mass is 234 g/mol. The minimum Gasteiger partial charge on any atom is -0.388 e. The van der Waals surface area contributed by atoms with Gasteiger partial charge in [0.15, 0.2) is 0 Å². The molecule has 17 heavy (non-hydrogen) atoms. The Morgan fingerprint density at radius 1 is 1.24 bits per heavy atom. The zero-order chi connectivity index (χ0) is 12.3. The van der Waals surface area contributed by atoms with Crippen LogP contribution >= 0.6 is 0 Å². The Bertz CT molecular complexity index is 542. The second-order valence-corrected chi connectivity index (χ2v) is 4.40. The van der Waals surface area contributed by atoms with Crippen molar-refractivity contribution in [3.63, 3.8) is 0 Å². The smallest absolute Gasteiger partial charge is 0.323 e. The lowest BCUT2D eigenvalue weighted by Crippen LogP contribution is -1.99. The maximum absolute atomic E-state index is 11.1. The average molecular weight is 234 g/mol. The molecule has 1 aromatic heterocycles. The number of nitrogens with one attached hydrogen (secondary N) is 2. The lowest BCUT2D eigenvalue weighted by atomic mass is 10.0. The van der Waals surface area contributed by atoms with E-state index >= 15 is 0 Å². The molecule has 2 aromatic rings. The van der Waals surface area contributed by atoms with Gasteiger partial charge in [0.05, 0.1) is 17.1 Å². The minimum atomic E-state index is -0.440. The quantitative estimate of drug-likeness (QED) is 0.695. The Balaban J connectivity index is 2.14. The van der Waals surface area contributed by atoms with Gasteiger partial charge < -0.3 is 15.1 Å². The van der Waals surface area contributed by atoms with Gasteiger partial charge in [-0.05, 0) is 24.1 Å². The molecule has 1 heterocycles. The molecule has 4 heteroatoms. The van der Waals surface area contributed by atoms with Gasteiger partial charge in [0, 0.05) is 0 Å². The van der Waals surface area contributed by atoms with Gasteiger partial charge in [-0.25, -0.2) is 4.79 Å². The fourth-order valence-electron chi connectivity index (χ4n) is 2.01. The van der Waals surface area contributed by atoms with Crippen molar-refractivity contribution < 1.29 is 5.11 Å². The number of aliphatic hydroxyl groups excluding tert-OH is 1. The van der Waals surface area contributed by atoms with Crippen molar-refractivity contribution in [2.24, 2.45) is 0 Å². The molecule has 4 nitrogen and oxygen atoms in total. The number of benzene rings is 1. The second kappa shape index (κ2) is 5.19. The molecule has 3 N–H and O–H groups in total. The van der Waals surface area contributed by atoms with Crippen LogP contribution in [0.4, 0.5) is 0 Å². The van der Waals surface area contributed by atoms with Gasteiger partial charge in [0.1, 0.15) is 0 Å². The summed E-state index contributed by atoms with van der Waals surface area (Å²) >= 11 is 0. The van der Waals surface area contributed by atoms with E-state index in [-0.39, 0.29) is 5.69 Å². The molecule has 1 atom stereocenters. The van der Waals surface area contributed by atoms with Gasteiger partial charge in [0.2, 0.25) is 0 Å². The van der Waals surface area contributed by atoms with Crippen molar-refractivity contribution in [3.05, 3.63) is 34.2 Å². The lowest BCUT2D eigenvalue weighted by molar-refractivity contribution is 0.163. The Kier molecular flexibility index (Phi) is 3.64. The van der Waals surface area contributed by atoms with Crippen LogP contribution in [0.5, 0.6) is 0 Å². The van der Waals surface area contributed by atoms with Crippen molar-refractivity contribution in [2.75, 3.05) is 0 Å². The van der Waals surface area contributed by atoms with Gasteiger partial charge in [0.25, 0.3) is 0 Å². The first-order valence-corrected chi connectivity index (χ1v) is 6.10. The van der Waals surface area contributed by atoms with Crippen LogP contribution in [0, 0.1) is 0 Å². The molecular formula is C13H18N2O2. The fraction of sp³-hybridized carbons (Fsp3) is 0.462. The summed E-state index contributed by atoms with van der Waals surface area (Å²) in [5.41, 5.74) is 2.18. The van der Waals surface area contributed by atoms with Crippen LogP contribution in [0.1, 0.15) is 44.3 Å². The Labute approximate surface area is 99.7 Å².